The molecular formula is C20H26FN3O2. The number of hydrogen-bond donors (Lipinski definition) is 1. The number of benzene rings is 1. The van der Waals surface area contributed by atoms with Gasteiger partial charge in [0.2, 0.25) is 5.91 Å². The third-order valence-electron chi connectivity index (χ3n) is 4.94. The molecule has 1 amide bonds. The van der Waals surface area contributed by atoms with Crippen LogP contribution in [0.2, 0.25) is 0 Å². The molecule has 1 aromatic carbocycles. The first-order valence-electron chi connectivity index (χ1n) is 9.17. The van der Waals surface area contributed by atoms with E-state index in [2.05, 4.69) is 10.5 Å². The first-order chi connectivity index (χ1) is 12.5. The molecule has 1 saturated carbocycles. The first-order valence-corrected chi connectivity index (χ1v) is 9.17. The molecule has 1 N–H and O–H groups in total. The fourth-order valence-corrected chi connectivity index (χ4v) is 3.72. The van der Waals surface area contributed by atoms with Gasteiger partial charge in [-0.05, 0) is 50.4 Å². The lowest BCUT2D eigenvalue weighted by Gasteiger charge is -2.26. The second-order valence-electron chi connectivity index (χ2n) is 7.24. The minimum atomic E-state index is -0.257. The maximum Gasteiger partial charge on any atom is 0.234 e. The maximum atomic E-state index is 13.3. The molecule has 1 atom stereocenters. The van der Waals surface area contributed by atoms with Crippen molar-refractivity contribution < 1.29 is 13.7 Å². The van der Waals surface area contributed by atoms with Crippen LogP contribution in [0, 0.1) is 18.7 Å². The van der Waals surface area contributed by atoms with Gasteiger partial charge in [0.05, 0.1) is 18.3 Å². The van der Waals surface area contributed by atoms with Crippen LogP contribution >= 0.6 is 0 Å². The van der Waals surface area contributed by atoms with Crippen molar-refractivity contribution in [3.63, 3.8) is 0 Å². The SMILES string of the molecule is Cc1cc(CN(C)CC(=O)NC(c2ccc(F)cc2)C2CCCC2)no1. The molecule has 2 aromatic rings. The molecular weight excluding hydrogens is 333 g/mol. The van der Waals surface area contributed by atoms with Crippen LogP contribution in [-0.4, -0.2) is 29.6 Å². The summed E-state index contributed by atoms with van der Waals surface area (Å²) in [6, 6.07) is 8.29. The summed E-state index contributed by atoms with van der Waals surface area (Å²) >= 11 is 0. The predicted molar refractivity (Wildman–Crippen MR) is 96.8 cm³/mol. The van der Waals surface area contributed by atoms with E-state index in [9.17, 15) is 9.18 Å². The fraction of sp³-hybridized carbons (Fsp3) is 0.500. The minimum Gasteiger partial charge on any atom is -0.361 e. The zero-order chi connectivity index (χ0) is 18.5. The number of carbonyl (C=O) groups excluding carboxylic acids is 1. The van der Waals surface area contributed by atoms with Gasteiger partial charge in [0.25, 0.3) is 0 Å². The molecule has 0 spiro atoms. The highest BCUT2D eigenvalue weighted by Crippen LogP contribution is 2.35. The van der Waals surface area contributed by atoms with Gasteiger partial charge in [0.1, 0.15) is 11.6 Å². The number of amides is 1. The lowest BCUT2D eigenvalue weighted by molar-refractivity contribution is -0.123. The Balaban J connectivity index is 1.62. The highest BCUT2D eigenvalue weighted by molar-refractivity contribution is 5.78. The van der Waals surface area contributed by atoms with Crippen molar-refractivity contribution in [2.45, 2.75) is 45.2 Å². The van der Waals surface area contributed by atoms with Gasteiger partial charge in [-0.3, -0.25) is 9.69 Å². The van der Waals surface area contributed by atoms with Crippen LogP contribution in [-0.2, 0) is 11.3 Å². The summed E-state index contributed by atoms with van der Waals surface area (Å²) in [5.74, 6) is 0.880. The standard InChI is InChI=1S/C20H26FN3O2/c1-14-11-18(23-26-14)12-24(2)13-19(25)22-20(15-5-3-4-6-15)16-7-9-17(21)10-8-16/h7-11,15,20H,3-6,12-13H2,1-2H3,(H,22,25). The largest absolute Gasteiger partial charge is 0.361 e. The molecule has 0 saturated heterocycles. The van der Waals surface area contributed by atoms with Crippen molar-refractivity contribution in [2.75, 3.05) is 13.6 Å². The summed E-state index contributed by atoms with van der Waals surface area (Å²) in [7, 11) is 1.88. The molecule has 1 aliphatic rings. The monoisotopic (exact) mass is 359 g/mol. The van der Waals surface area contributed by atoms with Crippen molar-refractivity contribution in [2.24, 2.45) is 5.92 Å². The van der Waals surface area contributed by atoms with Crippen LogP contribution in [0.25, 0.3) is 0 Å². The normalized spacial score (nSPS) is 16.2. The van der Waals surface area contributed by atoms with Gasteiger partial charge in [-0.25, -0.2) is 4.39 Å². The van der Waals surface area contributed by atoms with Gasteiger partial charge < -0.3 is 9.84 Å². The molecule has 5 nitrogen and oxygen atoms in total. The van der Waals surface area contributed by atoms with E-state index in [4.69, 9.17) is 4.52 Å². The first kappa shape index (κ1) is 18.6. The van der Waals surface area contributed by atoms with Gasteiger partial charge in [0, 0.05) is 12.6 Å². The van der Waals surface area contributed by atoms with Crippen molar-refractivity contribution in [3.8, 4) is 0 Å². The van der Waals surface area contributed by atoms with Gasteiger partial charge in [0.15, 0.2) is 0 Å². The number of halogens is 1. The van der Waals surface area contributed by atoms with Gasteiger partial charge in [-0.15, -0.1) is 0 Å². The molecule has 0 bridgehead atoms. The lowest BCUT2D eigenvalue weighted by atomic mass is 9.91. The number of rotatable bonds is 7. The number of aromatic nitrogens is 1. The second-order valence-corrected chi connectivity index (χ2v) is 7.24. The van der Waals surface area contributed by atoms with Gasteiger partial charge in [-0.1, -0.05) is 30.1 Å². The van der Waals surface area contributed by atoms with Crippen molar-refractivity contribution in [1.29, 1.82) is 0 Å². The molecule has 1 heterocycles. The van der Waals surface area contributed by atoms with E-state index < -0.39 is 0 Å². The third-order valence-corrected chi connectivity index (χ3v) is 4.94. The number of carbonyl (C=O) groups is 1. The Labute approximate surface area is 153 Å². The number of hydrogen-bond acceptors (Lipinski definition) is 4. The summed E-state index contributed by atoms with van der Waals surface area (Å²) in [4.78, 5) is 14.5. The molecule has 1 aromatic heterocycles. The van der Waals surface area contributed by atoms with Crippen LogP contribution in [0.4, 0.5) is 4.39 Å². The summed E-state index contributed by atoms with van der Waals surface area (Å²) in [6.45, 7) is 2.67. The molecule has 0 radical (unpaired) electrons. The van der Waals surface area contributed by atoms with Crippen molar-refractivity contribution >= 4 is 5.91 Å². The topological polar surface area (TPSA) is 58.4 Å². The zero-order valence-corrected chi connectivity index (χ0v) is 15.4. The fourth-order valence-electron chi connectivity index (χ4n) is 3.72. The Morgan fingerprint density at radius 3 is 2.65 bits per heavy atom. The van der Waals surface area contributed by atoms with E-state index in [1.807, 2.05) is 24.9 Å². The van der Waals surface area contributed by atoms with Gasteiger partial charge in [-0.2, -0.15) is 0 Å². The van der Waals surface area contributed by atoms with Crippen LogP contribution in [0.3, 0.4) is 0 Å². The minimum absolute atomic E-state index is 0.0334. The smallest absolute Gasteiger partial charge is 0.234 e. The summed E-state index contributed by atoms with van der Waals surface area (Å²) in [5, 5.41) is 7.13. The predicted octanol–water partition coefficient (Wildman–Crippen LogP) is 3.60. The molecule has 3 rings (SSSR count). The van der Waals surface area contributed by atoms with Gasteiger partial charge >= 0.3 is 0 Å². The number of aryl methyl sites for hydroxylation is 1. The van der Waals surface area contributed by atoms with Crippen molar-refractivity contribution in [1.82, 2.24) is 15.4 Å². The molecule has 140 valence electrons. The third kappa shape index (κ3) is 4.91. The van der Waals surface area contributed by atoms with Crippen LogP contribution in [0.1, 0.15) is 48.7 Å². The van der Waals surface area contributed by atoms with E-state index >= 15 is 0 Å². The Hall–Kier alpha value is -2.21. The van der Waals surface area contributed by atoms with E-state index in [0.717, 1.165) is 29.9 Å². The number of nitrogens with one attached hydrogen (secondary N) is 1. The van der Waals surface area contributed by atoms with E-state index in [0.29, 0.717) is 12.5 Å². The van der Waals surface area contributed by atoms with E-state index in [1.165, 1.54) is 25.0 Å². The Kier molecular flexibility index (Phi) is 6.04. The Morgan fingerprint density at radius 2 is 2.04 bits per heavy atom. The highest BCUT2D eigenvalue weighted by Gasteiger charge is 2.28. The molecule has 1 unspecified atom stereocenters. The van der Waals surface area contributed by atoms with Crippen LogP contribution in [0.5, 0.6) is 0 Å². The number of likely N-dealkylation sites (N-methyl/N-ethyl adjacent to an activating group) is 1. The summed E-state index contributed by atoms with van der Waals surface area (Å²) in [6.07, 6.45) is 4.56. The molecule has 6 heteroatoms. The summed E-state index contributed by atoms with van der Waals surface area (Å²) < 4.78 is 18.3. The Morgan fingerprint density at radius 1 is 1.35 bits per heavy atom. The average Bonchev–Trinajstić information content (AvgIpc) is 3.25. The quantitative estimate of drug-likeness (QED) is 0.821. The average molecular weight is 359 g/mol. The van der Waals surface area contributed by atoms with Crippen LogP contribution in [0.15, 0.2) is 34.9 Å². The zero-order valence-electron chi connectivity index (χ0n) is 15.4. The number of nitrogens with zero attached hydrogens (tertiary/aromatic N) is 2. The van der Waals surface area contributed by atoms with Crippen molar-refractivity contribution in [3.05, 3.63) is 53.2 Å². The maximum absolute atomic E-state index is 13.3. The molecule has 1 fully saturated rings. The molecule has 0 aliphatic heterocycles. The second kappa shape index (κ2) is 8.45. The lowest BCUT2D eigenvalue weighted by Crippen LogP contribution is -2.39. The molecule has 26 heavy (non-hydrogen) atoms. The molecule has 1 aliphatic carbocycles. The van der Waals surface area contributed by atoms with E-state index in [1.54, 1.807) is 12.1 Å². The van der Waals surface area contributed by atoms with E-state index in [-0.39, 0.29) is 24.3 Å². The highest BCUT2D eigenvalue weighted by atomic mass is 19.1. The Bertz CT molecular complexity index is 723. The van der Waals surface area contributed by atoms with Crippen LogP contribution < -0.4 is 5.32 Å². The summed E-state index contributed by atoms with van der Waals surface area (Å²) in [5.41, 5.74) is 1.78.